The van der Waals surface area contributed by atoms with Crippen LogP contribution >= 0.6 is 15.9 Å². The van der Waals surface area contributed by atoms with Crippen molar-refractivity contribution in [3.05, 3.63) is 70.6 Å². The van der Waals surface area contributed by atoms with Crippen LogP contribution in [0, 0.1) is 28.6 Å². The first-order valence-corrected chi connectivity index (χ1v) is 14.1. The topological polar surface area (TPSA) is 60.2 Å². The van der Waals surface area contributed by atoms with Crippen LogP contribution in [-0.2, 0) is 4.79 Å². The lowest BCUT2D eigenvalue weighted by Gasteiger charge is -2.57. The summed E-state index contributed by atoms with van der Waals surface area (Å²) in [6, 6.07) is 10.6. The van der Waals surface area contributed by atoms with Gasteiger partial charge >= 0.3 is 0 Å². The lowest BCUT2D eigenvalue weighted by molar-refractivity contribution is -0.111. The average molecular weight is 544 g/mol. The smallest absolute Gasteiger partial charge is 0.252 e. The molecule has 0 N–H and O–H groups in total. The summed E-state index contributed by atoms with van der Waals surface area (Å²) < 4.78 is 2.91. The Balaban J connectivity index is 1.27. The first kappa shape index (κ1) is 22.6. The highest BCUT2D eigenvalue weighted by Gasteiger charge is 2.59. The summed E-state index contributed by atoms with van der Waals surface area (Å²) >= 11 is 3.74. The molecule has 3 fully saturated rings. The molecule has 3 aromatic rings. The van der Waals surface area contributed by atoms with Gasteiger partial charge in [-0.2, -0.15) is 14.6 Å². The molecule has 0 saturated heterocycles. The number of halogens is 1. The molecule has 5 nitrogen and oxygen atoms in total. The molecule has 0 radical (unpaired) electrons. The van der Waals surface area contributed by atoms with Gasteiger partial charge in [0.25, 0.3) is 5.78 Å². The van der Waals surface area contributed by atoms with E-state index in [1.807, 2.05) is 22.7 Å². The molecule has 4 aliphatic rings. The Morgan fingerprint density at radius 3 is 2.81 bits per heavy atom. The molecular weight excluding hydrogens is 512 g/mol. The van der Waals surface area contributed by atoms with E-state index in [2.05, 4.69) is 70.2 Å². The molecule has 0 amide bonds. The Labute approximate surface area is 220 Å². The first-order valence-electron chi connectivity index (χ1n) is 13.3. The Morgan fingerprint density at radius 1 is 1.08 bits per heavy atom. The summed E-state index contributed by atoms with van der Waals surface area (Å²) in [5.41, 5.74) is 4.95. The van der Waals surface area contributed by atoms with E-state index in [-0.39, 0.29) is 16.6 Å². The van der Waals surface area contributed by atoms with Crippen molar-refractivity contribution in [3.8, 4) is 11.3 Å². The van der Waals surface area contributed by atoms with Crippen LogP contribution in [0.25, 0.3) is 17.0 Å². The lowest BCUT2D eigenvalue weighted by atomic mass is 9.47. The normalized spacial score (nSPS) is 35.3. The largest absolute Gasteiger partial charge is 0.290 e. The van der Waals surface area contributed by atoms with E-state index in [0.29, 0.717) is 29.4 Å². The van der Waals surface area contributed by atoms with Gasteiger partial charge in [0.05, 0.1) is 11.4 Å². The third-order valence-electron chi connectivity index (χ3n) is 10.3. The zero-order valence-electron chi connectivity index (χ0n) is 20.8. The third kappa shape index (κ3) is 3.12. The quantitative estimate of drug-likeness (QED) is 0.351. The van der Waals surface area contributed by atoms with E-state index in [1.165, 1.54) is 37.7 Å². The predicted octanol–water partition coefficient (Wildman–Crippen LogP) is 6.95. The fourth-order valence-corrected chi connectivity index (χ4v) is 9.04. The SMILES string of the molecule is C[C@]12CC[C@H]3[C@@H](CCC4=CC(=O)C=C[C@@]43C)[C@@H]1CC[C@@H]2c1cc(-c2ccccc2Br)n2ncnc2n1. The molecule has 6 heteroatoms. The second-order valence-corrected chi connectivity index (χ2v) is 12.7. The van der Waals surface area contributed by atoms with E-state index >= 15 is 0 Å². The number of hydrogen-bond acceptors (Lipinski definition) is 4. The number of hydrogen-bond donors (Lipinski definition) is 0. The summed E-state index contributed by atoms with van der Waals surface area (Å²) in [5, 5.41) is 4.49. The van der Waals surface area contributed by atoms with Crippen LogP contribution in [0.5, 0.6) is 0 Å². The van der Waals surface area contributed by atoms with E-state index in [4.69, 9.17) is 4.98 Å². The van der Waals surface area contributed by atoms with Crippen molar-refractivity contribution in [3.63, 3.8) is 0 Å². The van der Waals surface area contributed by atoms with Gasteiger partial charge in [0, 0.05) is 21.4 Å². The number of rotatable bonds is 2. The molecule has 184 valence electrons. The summed E-state index contributed by atoms with van der Waals surface area (Å²) in [6.45, 7) is 4.92. The van der Waals surface area contributed by atoms with Crippen molar-refractivity contribution in [2.24, 2.45) is 28.6 Å². The predicted molar refractivity (Wildman–Crippen MR) is 143 cm³/mol. The van der Waals surface area contributed by atoms with Crippen LogP contribution in [-0.4, -0.2) is 25.4 Å². The Morgan fingerprint density at radius 2 is 1.94 bits per heavy atom. The van der Waals surface area contributed by atoms with Gasteiger partial charge in [-0.05, 0) is 86.0 Å². The Hall–Kier alpha value is -2.60. The molecule has 2 aromatic heterocycles. The average Bonchev–Trinajstić information content (AvgIpc) is 3.48. The van der Waals surface area contributed by atoms with Crippen LogP contribution < -0.4 is 0 Å². The number of carbonyl (C=O) groups is 1. The maximum Gasteiger partial charge on any atom is 0.252 e. The monoisotopic (exact) mass is 542 g/mol. The number of allylic oxidation sites excluding steroid dienone is 4. The van der Waals surface area contributed by atoms with Crippen molar-refractivity contribution in [1.82, 2.24) is 19.6 Å². The maximum absolute atomic E-state index is 12.1. The van der Waals surface area contributed by atoms with E-state index in [1.54, 1.807) is 6.33 Å². The van der Waals surface area contributed by atoms with Crippen molar-refractivity contribution in [2.45, 2.75) is 58.3 Å². The second kappa shape index (κ2) is 7.95. The van der Waals surface area contributed by atoms with Crippen molar-refractivity contribution >= 4 is 27.5 Å². The highest BCUT2D eigenvalue weighted by atomic mass is 79.9. The van der Waals surface area contributed by atoms with Crippen LogP contribution in [0.4, 0.5) is 0 Å². The van der Waals surface area contributed by atoms with Crippen LogP contribution in [0.3, 0.4) is 0 Å². The van der Waals surface area contributed by atoms with Gasteiger partial charge in [0.15, 0.2) is 5.78 Å². The number of fused-ring (bicyclic) bond motifs is 6. The van der Waals surface area contributed by atoms with E-state index in [0.717, 1.165) is 27.8 Å². The summed E-state index contributed by atoms with van der Waals surface area (Å²) in [7, 11) is 0. The maximum atomic E-state index is 12.1. The van der Waals surface area contributed by atoms with E-state index < -0.39 is 0 Å². The zero-order chi connectivity index (χ0) is 24.7. The van der Waals surface area contributed by atoms with Crippen molar-refractivity contribution in [2.75, 3.05) is 0 Å². The molecule has 0 bridgehead atoms. The molecule has 0 aliphatic heterocycles. The molecule has 0 spiro atoms. The van der Waals surface area contributed by atoms with Gasteiger partial charge < -0.3 is 0 Å². The van der Waals surface area contributed by atoms with Crippen molar-refractivity contribution in [1.29, 1.82) is 0 Å². The number of carbonyl (C=O) groups excluding carboxylic acids is 1. The highest BCUT2D eigenvalue weighted by Crippen LogP contribution is 2.67. The van der Waals surface area contributed by atoms with Gasteiger partial charge in [-0.15, -0.1) is 0 Å². The fraction of sp³-hybridized carbons (Fsp3) is 0.467. The third-order valence-corrected chi connectivity index (χ3v) is 11.0. The van der Waals surface area contributed by atoms with Crippen LogP contribution in [0.2, 0.25) is 0 Å². The van der Waals surface area contributed by atoms with Gasteiger partial charge in [0.2, 0.25) is 0 Å². The first-order chi connectivity index (χ1) is 17.4. The van der Waals surface area contributed by atoms with E-state index in [9.17, 15) is 4.79 Å². The molecule has 0 unspecified atom stereocenters. The number of nitrogens with zero attached hydrogens (tertiary/aromatic N) is 4. The molecule has 1 aromatic carbocycles. The minimum absolute atomic E-state index is 0.0433. The lowest BCUT2D eigenvalue weighted by Crippen LogP contribution is -2.49. The summed E-state index contributed by atoms with van der Waals surface area (Å²) in [6.07, 6.45) is 14.7. The van der Waals surface area contributed by atoms with Gasteiger partial charge in [-0.3, -0.25) is 4.79 Å². The fourth-order valence-electron chi connectivity index (χ4n) is 8.55. The van der Waals surface area contributed by atoms with Crippen LogP contribution in [0.1, 0.15) is 64.0 Å². The van der Waals surface area contributed by atoms with Crippen molar-refractivity contribution < 1.29 is 4.79 Å². The van der Waals surface area contributed by atoms with Crippen LogP contribution in [0.15, 0.2) is 64.9 Å². The zero-order valence-corrected chi connectivity index (χ0v) is 22.4. The minimum Gasteiger partial charge on any atom is -0.290 e. The molecule has 2 heterocycles. The van der Waals surface area contributed by atoms with Gasteiger partial charge in [-0.25, -0.2) is 4.98 Å². The van der Waals surface area contributed by atoms with Gasteiger partial charge in [0.1, 0.15) is 6.33 Å². The second-order valence-electron chi connectivity index (χ2n) is 11.8. The molecule has 4 aliphatic carbocycles. The summed E-state index contributed by atoms with van der Waals surface area (Å²) in [5.74, 6) is 3.28. The molecule has 3 saturated carbocycles. The highest BCUT2D eigenvalue weighted by molar-refractivity contribution is 9.10. The number of benzene rings is 1. The standard InChI is InChI=1S/C30H31BrN4O/c1-29-13-11-19(36)15-18(29)7-8-20-22-9-10-24(30(22,2)14-12-23(20)29)26-16-27(21-5-3-4-6-25(21)31)35-28(34-26)32-17-33-35/h3-6,11,13,15-17,20,22-24H,7-10,12,14H2,1-2H3/t20-,22-,23-,24+,29-,30-/m0/s1. The number of ketones is 1. The number of aromatic nitrogens is 4. The molecule has 7 rings (SSSR count). The molecule has 6 atom stereocenters. The minimum atomic E-state index is 0.0433. The molecule has 36 heavy (non-hydrogen) atoms. The Kier molecular flexibility index (Phi) is 4.99. The Bertz CT molecular complexity index is 1460. The summed E-state index contributed by atoms with van der Waals surface area (Å²) in [4.78, 5) is 21.7. The molecular formula is C30H31BrN4O. The van der Waals surface area contributed by atoms with Gasteiger partial charge in [-0.1, -0.05) is 59.6 Å².